The molecular formula is C10H14ClO3PS. The first kappa shape index (κ1) is 13.9. The topological polar surface area (TPSA) is 27.7 Å². The van der Waals surface area contributed by atoms with Crippen molar-refractivity contribution < 1.29 is 13.6 Å². The van der Waals surface area contributed by atoms with Crippen LogP contribution >= 0.6 is 18.3 Å². The van der Waals surface area contributed by atoms with Crippen LogP contribution in [0.15, 0.2) is 24.3 Å². The Labute approximate surface area is 106 Å². The Hall–Kier alpha value is -0.120. The highest BCUT2D eigenvalue weighted by molar-refractivity contribution is 8.07. The molecule has 0 aliphatic carbocycles. The first-order valence-electron chi connectivity index (χ1n) is 4.94. The lowest BCUT2D eigenvalue weighted by molar-refractivity contribution is 0.218. The Bertz CT molecular complexity index is 376. The predicted octanol–water partition coefficient (Wildman–Crippen LogP) is 4.02. The summed E-state index contributed by atoms with van der Waals surface area (Å²) in [7, 11) is 0. The molecular weight excluding hydrogens is 267 g/mol. The van der Waals surface area contributed by atoms with E-state index in [1.807, 2.05) is 26.0 Å². The summed E-state index contributed by atoms with van der Waals surface area (Å²) in [5, 5.41) is 0.496. The van der Waals surface area contributed by atoms with Crippen molar-refractivity contribution >= 4 is 30.1 Å². The smallest absolute Gasteiger partial charge is 0.380 e. The highest BCUT2D eigenvalue weighted by atomic mass is 35.5. The summed E-state index contributed by atoms with van der Waals surface area (Å²) in [5.74, 6) is 0.495. The van der Waals surface area contributed by atoms with Gasteiger partial charge in [-0.25, -0.2) is 0 Å². The molecule has 1 aromatic carbocycles. The molecule has 0 saturated heterocycles. The zero-order chi connectivity index (χ0) is 12.0. The fourth-order valence-electron chi connectivity index (χ4n) is 1.05. The van der Waals surface area contributed by atoms with Crippen LogP contribution in [-0.4, -0.2) is 13.2 Å². The van der Waals surface area contributed by atoms with E-state index in [4.69, 9.17) is 37.0 Å². The lowest BCUT2D eigenvalue weighted by Gasteiger charge is -2.21. The van der Waals surface area contributed by atoms with Crippen LogP contribution < -0.4 is 4.52 Å². The number of rotatable bonds is 6. The predicted molar refractivity (Wildman–Crippen MR) is 69.6 cm³/mol. The number of halogens is 1. The fourth-order valence-corrected chi connectivity index (χ4v) is 3.36. The first-order valence-corrected chi connectivity index (χ1v) is 7.88. The minimum Gasteiger partial charge on any atom is -0.423 e. The van der Waals surface area contributed by atoms with E-state index in [1.54, 1.807) is 12.1 Å². The molecule has 0 aromatic heterocycles. The van der Waals surface area contributed by atoms with E-state index >= 15 is 0 Å². The van der Waals surface area contributed by atoms with Crippen LogP contribution in [0.25, 0.3) is 0 Å². The lowest BCUT2D eigenvalue weighted by atomic mass is 10.3. The third-order valence-corrected chi connectivity index (χ3v) is 4.36. The van der Waals surface area contributed by atoms with Gasteiger partial charge in [-0.2, -0.15) is 0 Å². The third kappa shape index (κ3) is 4.04. The Balaban J connectivity index is 2.83. The molecule has 0 aliphatic rings. The van der Waals surface area contributed by atoms with Crippen LogP contribution in [0.3, 0.4) is 0 Å². The van der Waals surface area contributed by atoms with Crippen LogP contribution in [0.5, 0.6) is 5.75 Å². The van der Waals surface area contributed by atoms with Crippen molar-refractivity contribution in [2.75, 3.05) is 13.2 Å². The zero-order valence-corrected chi connectivity index (χ0v) is 11.6. The van der Waals surface area contributed by atoms with Crippen molar-refractivity contribution in [1.82, 2.24) is 0 Å². The monoisotopic (exact) mass is 280 g/mol. The fraction of sp³-hybridized carbons (Fsp3) is 0.400. The summed E-state index contributed by atoms with van der Waals surface area (Å²) >= 11 is 11.2. The van der Waals surface area contributed by atoms with Crippen LogP contribution in [-0.2, 0) is 20.9 Å². The van der Waals surface area contributed by atoms with Gasteiger partial charge in [0.15, 0.2) is 0 Å². The summed E-state index contributed by atoms with van der Waals surface area (Å²) in [5.41, 5.74) is 0. The van der Waals surface area contributed by atoms with Crippen molar-refractivity contribution in [2.45, 2.75) is 13.8 Å². The summed E-state index contributed by atoms with van der Waals surface area (Å²) < 4.78 is 16.3. The number of hydrogen-bond acceptors (Lipinski definition) is 4. The average molecular weight is 281 g/mol. The molecule has 0 heterocycles. The molecule has 0 aliphatic heterocycles. The van der Waals surface area contributed by atoms with Crippen molar-refractivity contribution in [1.29, 1.82) is 0 Å². The molecule has 6 heteroatoms. The van der Waals surface area contributed by atoms with E-state index < -0.39 is 6.72 Å². The van der Waals surface area contributed by atoms with Gasteiger partial charge in [-0.05, 0) is 26.0 Å². The van der Waals surface area contributed by atoms with Gasteiger partial charge in [0.25, 0.3) is 0 Å². The molecule has 90 valence electrons. The van der Waals surface area contributed by atoms with Gasteiger partial charge in [-0.15, -0.1) is 0 Å². The van der Waals surface area contributed by atoms with Crippen LogP contribution in [0.4, 0.5) is 0 Å². The maximum absolute atomic E-state index is 5.97. The molecule has 0 atom stereocenters. The molecule has 0 unspecified atom stereocenters. The van der Waals surface area contributed by atoms with Gasteiger partial charge in [0, 0.05) is 11.8 Å². The molecule has 1 rings (SSSR count). The van der Waals surface area contributed by atoms with E-state index in [0.29, 0.717) is 24.0 Å². The van der Waals surface area contributed by atoms with E-state index in [0.717, 1.165) is 0 Å². The van der Waals surface area contributed by atoms with Gasteiger partial charge in [-0.1, -0.05) is 23.7 Å². The largest absolute Gasteiger partial charge is 0.423 e. The van der Waals surface area contributed by atoms with Crippen LogP contribution in [0.2, 0.25) is 5.02 Å². The Morgan fingerprint density at radius 3 is 2.25 bits per heavy atom. The summed E-state index contributed by atoms with van der Waals surface area (Å²) in [6.07, 6.45) is 0. The third-order valence-electron chi connectivity index (χ3n) is 1.62. The van der Waals surface area contributed by atoms with Gasteiger partial charge < -0.3 is 4.52 Å². The van der Waals surface area contributed by atoms with Gasteiger partial charge in [0.2, 0.25) is 0 Å². The molecule has 16 heavy (non-hydrogen) atoms. The first-order chi connectivity index (χ1) is 7.61. The average Bonchev–Trinajstić information content (AvgIpc) is 2.22. The van der Waals surface area contributed by atoms with Gasteiger partial charge in [0.1, 0.15) is 5.75 Å². The van der Waals surface area contributed by atoms with Crippen molar-refractivity contribution in [3.63, 3.8) is 0 Å². The highest BCUT2D eigenvalue weighted by Crippen LogP contribution is 2.50. The molecule has 0 N–H and O–H groups in total. The maximum atomic E-state index is 5.97. The van der Waals surface area contributed by atoms with Crippen LogP contribution in [0, 0.1) is 0 Å². The van der Waals surface area contributed by atoms with Gasteiger partial charge in [0.05, 0.1) is 18.2 Å². The number of hydrogen-bond donors (Lipinski definition) is 0. The molecule has 0 bridgehead atoms. The second-order valence-electron chi connectivity index (χ2n) is 2.80. The molecule has 1 aromatic rings. The van der Waals surface area contributed by atoms with E-state index in [1.165, 1.54) is 0 Å². The molecule has 0 saturated carbocycles. The zero-order valence-electron chi connectivity index (χ0n) is 9.18. The number of benzene rings is 1. The Kier molecular flexibility index (Phi) is 5.73. The maximum Gasteiger partial charge on any atom is 0.380 e. The molecule has 3 nitrogen and oxygen atoms in total. The molecule has 0 fully saturated rings. The summed E-state index contributed by atoms with van der Waals surface area (Å²) in [6, 6.07) is 7.11. The summed E-state index contributed by atoms with van der Waals surface area (Å²) in [4.78, 5) is 0. The highest BCUT2D eigenvalue weighted by Gasteiger charge is 2.22. The lowest BCUT2D eigenvalue weighted by Crippen LogP contribution is -2.02. The summed E-state index contributed by atoms with van der Waals surface area (Å²) in [6.45, 7) is 1.86. The SMILES string of the molecule is CCOP(=S)(OCC)Oc1ccccc1Cl. The van der Waals surface area contributed by atoms with Crippen LogP contribution in [0.1, 0.15) is 13.8 Å². The molecule has 0 amide bonds. The van der Waals surface area contributed by atoms with Crippen molar-refractivity contribution in [2.24, 2.45) is 0 Å². The van der Waals surface area contributed by atoms with E-state index in [-0.39, 0.29) is 0 Å². The minimum atomic E-state index is -2.72. The van der Waals surface area contributed by atoms with E-state index in [9.17, 15) is 0 Å². The van der Waals surface area contributed by atoms with E-state index in [2.05, 4.69) is 0 Å². The minimum absolute atomic E-state index is 0.446. The van der Waals surface area contributed by atoms with Crippen molar-refractivity contribution in [3.05, 3.63) is 29.3 Å². The van der Waals surface area contributed by atoms with Crippen molar-refractivity contribution in [3.8, 4) is 5.75 Å². The molecule has 0 radical (unpaired) electrons. The molecule has 0 spiro atoms. The second kappa shape index (κ2) is 6.58. The number of para-hydroxylation sites is 1. The second-order valence-corrected chi connectivity index (χ2v) is 6.15. The Morgan fingerprint density at radius 1 is 1.19 bits per heavy atom. The van der Waals surface area contributed by atoms with Gasteiger partial charge in [-0.3, -0.25) is 9.05 Å². The standard InChI is InChI=1S/C10H14ClO3PS/c1-3-12-15(16,13-4-2)14-10-8-6-5-7-9(10)11/h5-8H,3-4H2,1-2H3. The quantitative estimate of drug-likeness (QED) is 0.736. The normalized spacial score (nSPS) is 11.4. The van der Waals surface area contributed by atoms with Gasteiger partial charge >= 0.3 is 6.72 Å². The Morgan fingerprint density at radius 2 is 1.75 bits per heavy atom.